The number of ketones is 1. The monoisotopic (exact) mass is 490 g/mol. The van der Waals surface area contributed by atoms with Crippen molar-refractivity contribution >= 4 is 11.8 Å². The van der Waals surface area contributed by atoms with Crippen LogP contribution in [-0.2, 0) is 33.3 Å². The van der Waals surface area contributed by atoms with Crippen LogP contribution in [-0.4, -0.2) is 55.9 Å². The molecule has 0 aromatic carbocycles. The molecule has 5 aliphatic rings. The summed E-state index contributed by atoms with van der Waals surface area (Å²) in [7, 11) is 0. The Bertz CT molecular complexity index is 913. The molecule has 2 bridgehead atoms. The van der Waals surface area contributed by atoms with Gasteiger partial charge in [0.15, 0.2) is 11.4 Å². The minimum absolute atomic E-state index is 0.0526. The molecule has 4 aliphatic carbocycles. The fourth-order valence-electron chi connectivity index (χ4n) is 8.47. The predicted molar refractivity (Wildman–Crippen MR) is 128 cm³/mol. The van der Waals surface area contributed by atoms with Gasteiger partial charge in [0.2, 0.25) is 0 Å². The molecule has 196 valence electrons. The van der Waals surface area contributed by atoms with Crippen LogP contribution >= 0.6 is 0 Å². The van der Waals surface area contributed by atoms with Crippen LogP contribution in [0.15, 0.2) is 11.1 Å². The lowest BCUT2D eigenvalue weighted by atomic mass is 9.53. The van der Waals surface area contributed by atoms with Crippen molar-refractivity contribution in [2.75, 3.05) is 26.8 Å². The standard InChI is InChI=1S/C28H42O7/c1-6-8-12-31-16-33-24-18(3)10-11-27(34-17-32-13-9-7-2)25(5)15-21(30)35-28(24,27)23-22-19(4)20(29)14-26(22,23)25/h18,23-24H,6-17H2,1-5H3/t18?,23?,24?,25?,26-,27+,28?/m1/s1. The summed E-state index contributed by atoms with van der Waals surface area (Å²) in [5, 5.41) is 0. The van der Waals surface area contributed by atoms with Gasteiger partial charge in [-0.25, -0.2) is 0 Å². The van der Waals surface area contributed by atoms with Gasteiger partial charge >= 0.3 is 5.97 Å². The molecule has 4 fully saturated rings. The zero-order valence-electron chi connectivity index (χ0n) is 22.1. The lowest BCUT2D eigenvalue weighted by molar-refractivity contribution is -0.334. The van der Waals surface area contributed by atoms with Crippen molar-refractivity contribution in [2.45, 2.75) is 103 Å². The number of hydrogen-bond donors (Lipinski definition) is 0. The van der Waals surface area contributed by atoms with Gasteiger partial charge < -0.3 is 23.7 Å². The van der Waals surface area contributed by atoms with Gasteiger partial charge in [0, 0.05) is 36.4 Å². The number of rotatable bonds is 12. The van der Waals surface area contributed by atoms with E-state index >= 15 is 0 Å². The smallest absolute Gasteiger partial charge is 0.307 e. The van der Waals surface area contributed by atoms with Gasteiger partial charge in [-0.3, -0.25) is 9.59 Å². The summed E-state index contributed by atoms with van der Waals surface area (Å²) in [5.41, 5.74) is -0.658. The molecule has 0 N–H and O–H groups in total. The van der Waals surface area contributed by atoms with Crippen molar-refractivity contribution < 1.29 is 33.3 Å². The van der Waals surface area contributed by atoms with E-state index in [1.807, 2.05) is 6.92 Å². The third kappa shape index (κ3) is 3.11. The summed E-state index contributed by atoms with van der Waals surface area (Å²) < 4.78 is 31.5. The van der Waals surface area contributed by atoms with Crippen LogP contribution in [0, 0.1) is 22.7 Å². The maximum absolute atomic E-state index is 13.2. The second-order valence-electron chi connectivity index (χ2n) is 11.7. The van der Waals surface area contributed by atoms with Crippen LogP contribution in [0.3, 0.4) is 0 Å². The molecule has 1 aliphatic heterocycles. The number of ether oxygens (including phenoxy) is 5. The topological polar surface area (TPSA) is 80.3 Å². The van der Waals surface area contributed by atoms with Crippen LogP contribution in [0.5, 0.6) is 0 Å². The average molecular weight is 491 g/mol. The molecule has 5 rings (SSSR count). The predicted octanol–water partition coefficient (Wildman–Crippen LogP) is 4.72. The highest BCUT2D eigenvalue weighted by molar-refractivity contribution is 6.04. The van der Waals surface area contributed by atoms with Crippen molar-refractivity contribution in [3.8, 4) is 0 Å². The van der Waals surface area contributed by atoms with E-state index in [0.29, 0.717) is 19.6 Å². The summed E-state index contributed by atoms with van der Waals surface area (Å²) in [6, 6.07) is 0. The molecular weight excluding hydrogens is 448 g/mol. The second-order valence-corrected chi connectivity index (χ2v) is 11.7. The normalized spacial score (nSPS) is 43.2. The van der Waals surface area contributed by atoms with Crippen LogP contribution in [0.2, 0.25) is 0 Å². The maximum Gasteiger partial charge on any atom is 0.307 e. The zero-order chi connectivity index (χ0) is 25.1. The molecule has 5 unspecified atom stereocenters. The summed E-state index contributed by atoms with van der Waals surface area (Å²) >= 11 is 0. The molecule has 7 heteroatoms. The highest BCUT2D eigenvalue weighted by Crippen LogP contribution is 2.91. The number of carbonyl (C=O) groups excluding carboxylic acids is 2. The van der Waals surface area contributed by atoms with Crippen LogP contribution in [0.25, 0.3) is 0 Å². The Labute approximate surface area is 209 Å². The molecule has 0 radical (unpaired) electrons. The van der Waals surface area contributed by atoms with E-state index in [9.17, 15) is 9.59 Å². The van der Waals surface area contributed by atoms with E-state index in [2.05, 4.69) is 27.7 Å². The van der Waals surface area contributed by atoms with Gasteiger partial charge in [-0.2, -0.15) is 0 Å². The first kappa shape index (κ1) is 25.4. The molecular formula is C28H42O7. The average Bonchev–Trinajstić information content (AvgIpc) is 3.40. The summed E-state index contributed by atoms with van der Waals surface area (Å²) in [4.78, 5) is 26.1. The summed E-state index contributed by atoms with van der Waals surface area (Å²) in [6.07, 6.45) is 6.01. The molecule has 1 saturated heterocycles. The van der Waals surface area contributed by atoms with Gasteiger partial charge in [0.1, 0.15) is 25.3 Å². The van der Waals surface area contributed by atoms with Crippen molar-refractivity contribution in [1.82, 2.24) is 0 Å². The third-order valence-electron chi connectivity index (χ3n) is 10.1. The molecule has 3 saturated carbocycles. The van der Waals surface area contributed by atoms with E-state index < -0.39 is 22.0 Å². The fourth-order valence-corrected chi connectivity index (χ4v) is 8.47. The quantitative estimate of drug-likeness (QED) is 0.223. The minimum atomic E-state index is -0.978. The maximum atomic E-state index is 13.2. The summed E-state index contributed by atoms with van der Waals surface area (Å²) in [6.45, 7) is 12.1. The highest BCUT2D eigenvalue weighted by Gasteiger charge is 2.97. The SMILES string of the molecule is CCCCOCOC1C(C)CC[C@@]2(OCOCCCC)C13OC(=O)CC2(C)[C@]12CC(=O)C(C)=C1C32. The molecule has 35 heavy (non-hydrogen) atoms. The Hall–Kier alpha value is -1.28. The number of esters is 1. The molecule has 1 spiro atoms. The number of hydrogen-bond acceptors (Lipinski definition) is 7. The van der Waals surface area contributed by atoms with Crippen LogP contribution in [0.1, 0.15) is 86.0 Å². The first-order valence-electron chi connectivity index (χ1n) is 13.6. The Morgan fingerprint density at radius 3 is 2.40 bits per heavy atom. The van der Waals surface area contributed by atoms with Gasteiger partial charge in [0.25, 0.3) is 0 Å². The van der Waals surface area contributed by atoms with Gasteiger partial charge in [-0.15, -0.1) is 0 Å². The third-order valence-corrected chi connectivity index (χ3v) is 10.1. The van der Waals surface area contributed by atoms with E-state index in [1.54, 1.807) is 0 Å². The number of carbonyl (C=O) groups is 2. The molecule has 0 aromatic rings. The van der Waals surface area contributed by atoms with Crippen molar-refractivity contribution in [3.63, 3.8) is 0 Å². The minimum Gasteiger partial charge on any atom is -0.452 e. The Kier molecular flexibility index (Phi) is 6.47. The van der Waals surface area contributed by atoms with E-state index in [4.69, 9.17) is 23.7 Å². The van der Waals surface area contributed by atoms with Gasteiger partial charge in [0.05, 0.1) is 6.42 Å². The molecule has 7 atom stereocenters. The fraction of sp³-hybridized carbons (Fsp3) is 0.857. The van der Waals surface area contributed by atoms with E-state index in [0.717, 1.165) is 44.1 Å². The van der Waals surface area contributed by atoms with Crippen molar-refractivity contribution in [2.24, 2.45) is 22.7 Å². The zero-order valence-corrected chi connectivity index (χ0v) is 22.1. The first-order valence-corrected chi connectivity index (χ1v) is 13.6. The van der Waals surface area contributed by atoms with E-state index in [-0.39, 0.29) is 49.7 Å². The van der Waals surface area contributed by atoms with Crippen molar-refractivity contribution in [1.29, 1.82) is 0 Å². The first-order chi connectivity index (χ1) is 16.8. The second kappa shape index (κ2) is 8.93. The molecule has 0 amide bonds. The van der Waals surface area contributed by atoms with Crippen LogP contribution in [0.4, 0.5) is 0 Å². The Balaban J connectivity index is 1.55. The highest BCUT2D eigenvalue weighted by atomic mass is 16.7. The number of fused-ring (bicyclic) bond motifs is 1. The van der Waals surface area contributed by atoms with Crippen molar-refractivity contribution in [3.05, 3.63) is 11.1 Å². The lowest BCUT2D eigenvalue weighted by Gasteiger charge is -2.62. The largest absolute Gasteiger partial charge is 0.452 e. The van der Waals surface area contributed by atoms with E-state index in [1.165, 1.54) is 5.57 Å². The molecule has 7 nitrogen and oxygen atoms in total. The Morgan fingerprint density at radius 1 is 1.03 bits per heavy atom. The number of allylic oxidation sites excluding steroid dienone is 1. The van der Waals surface area contributed by atoms with Crippen LogP contribution < -0.4 is 0 Å². The Morgan fingerprint density at radius 2 is 1.71 bits per heavy atom. The number of Topliss-reactive ketones (excluding diaryl/α,β-unsaturated/α-hetero) is 1. The molecule has 0 aromatic heterocycles. The summed E-state index contributed by atoms with van der Waals surface area (Å²) in [5.74, 6) is 0.0773. The van der Waals surface area contributed by atoms with Gasteiger partial charge in [-0.05, 0) is 49.7 Å². The molecule has 1 heterocycles. The number of unbranched alkanes of at least 4 members (excludes halogenated alkanes) is 2. The lowest BCUT2D eigenvalue weighted by Crippen LogP contribution is -2.75. The van der Waals surface area contributed by atoms with Gasteiger partial charge in [-0.1, -0.05) is 40.5 Å².